The molecule has 0 amide bonds. The highest BCUT2D eigenvalue weighted by Gasteiger charge is 2.09. The number of pyridine rings is 1. The molecule has 2 N–H and O–H groups in total. The third-order valence-electron chi connectivity index (χ3n) is 2.96. The molecule has 0 aliphatic rings. The molecule has 0 saturated heterocycles. The molecule has 0 bridgehead atoms. The lowest BCUT2D eigenvalue weighted by atomic mass is 10.2. The van der Waals surface area contributed by atoms with Gasteiger partial charge in [-0.1, -0.05) is 0 Å². The van der Waals surface area contributed by atoms with Crippen LogP contribution in [0.3, 0.4) is 0 Å². The first-order valence-corrected chi connectivity index (χ1v) is 6.09. The number of nitrogen functional groups attached to an aromatic ring is 1. The van der Waals surface area contributed by atoms with Gasteiger partial charge in [-0.2, -0.15) is 9.61 Å². The molecule has 0 aliphatic carbocycles. The van der Waals surface area contributed by atoms with Gasteiger partial charge in [0.15, 0.2) is 5.65 Å². The van der Waals surface area contributed by atoms with Crippen LogP contribution in [0.2, 0.25) is 0 Å². The molecular formula is C14H14N4O2. The number of aromatic nitrogens is 3. The summed E-state index contributed by atoms with van der Waals surface area (Å²) in [5, 5.41) is 4.08. The van der Waals surface area contributed by atoms with E-state index in [4.69, 9.17) is 15.2 Å². The van der Waals surface area contributed by atoms with Crippen molar-refractivity contribution >= 4 is 11.3 Å². The molecule has 0 unspecified atom stereocenters. The predicted molar refractivity (Wildman–Crippen MR) is 75.2 cm³/mol. The fourth-order valence-corrected chi connectivity index (χ4v) is 1.99. The van der Waals surface area contributed by atoms with Gasteiger partial charge in [-0.3, -0.25) is 0 Å². The maximum absolute atomic E-state index is 5.87. The van der Waals surface area contributed by atoms with E-state index in [-0.39, 0.29) is 0 Å². The molecule has 1 aromatic carbocycles. The molecular weight excluding hydrogens is 256 g/mol. The minimum absolute atomic E-state index is 0.558. The number of ether oxygens (including phenoxy) is 2. The second-order valence-corrected chi connectivity index (χ2v) is 4.39. The Morgan fingerprint density at radius 3 is 2.80 bits per heavy atom. The Labute approximate surface area is 115 Å². The third-order valence-corrected chi connectivity index (χ3v) is 2.96. The van der Waals surface area contributed by atoms with Crippen LogP contribution in [0.15, 0.2) is 36.7 Å². The van der Waals surface area contributed by atoms with Crippen molar-refractivity contribution in [3.05, 3.63) is 42.2 Å². The number of methoxy groups -OCH3 is 1. The molecule has 0 saturated carbocycles. The smallest absolute Gasteiger partial charge is 0.219 e. The average molecular weight is 270 g/mol. The van der Waals surface area contributed by atoms with Crippen LogP contribution in [0.1, 0.15) is 5.56 Å². The highest BCUT2D eigenvalue weighted by Crippen LogP contribution is 2.29. The summed E-state index contributed by atoms with van der Waals surface area (Å²) >= 11 is 0. The van der Waals surface area contributed by atoms with E-state index >= 15 is 0 Å². The summed E-state index contributed by atoms with van der Waals surface area (Å²) in [6.45, 7) is 1.94. The zero-order valence-corrected chi connectivity index (χ0v) is 11.2. The van der Waals surface area contributed by atoms with Crippen LogP contribution in [0.4, 0.5) is 5.69 Å². The summed E-state index contributed by atoms with van der Waals surface area (Å²) in [5.74, 6) is 1.93. The quantitative estimate of drug-likeness (QED) is 0.740. The maximum Gasteiger partial charge on any atom is 0.219 e. The van der Waals surface area contributed by atoms with Crippen LogP contribution in [0, 0.1) is 6.92 Å². The number of hydrogen-bond donors (Lipinski definition) is 1. The van der Waals surface area contributed by atoms with Crippen molar-refractivity contribution in [3.63, 3.8) is 0 Å². The normalized spacial score (nSPS) is 10.7. The van der Waals surface area contributed by atoms with Gasteiger partial charge in [0.05, 0.1) is 7.11 Å². The van der Waals surface area contributed by atoms with Crippen LogP contribution in [0.5, 0.6) is 17.4 Å². The molecule has 6 nitrogen and oxygen atoms in total. The number of fused-ring (bicyclic) bond motifs is 1. The average Bonchev–Trinajstić information content (AvgIpc) is 2.89. The molecule has 6 heteroatoms. The molecule has 2 heterocycles. The van der Waals surface area contributed by atoms with Crippen LogP contribution in [-0.2, 0) is 0 Å². The molecule has 0 fully saturated rings. The Bertz CT molecular complexity index is 767. The zero-order chi connectivity index (χ0) is 14.1. The molecule has 0 radical (unpaired) electrons. The van der Waals surface area contributed by atoms with E-state index in [0.717, 1.165) is 11.3 Å². The van der Waals surface area contributed by atoms with Gasteiger partial charge >= 0.3 is 0 Å². The SMILES string of the molecule is COc1cc(Oc2ccc(N)cc2C)cc2ncnn12. The standard InChI is InChI=1S/C14H14N4O2/c1-9-5-10(15)3-4-12(9)20-11-6-13-16-8-17-18(13)14(7-11)19-2/h3-8H,15H2,1-2H3. The van der Waals surface area contributed by atoms with Gasteiger partial charge < -0.3 is 15.2 Å². The van der Waals surface area contributed by atoms with Crippen LogP contribution < -0.4 is 15.2 Å². The Balaban J connectivity index is 2.01. The predicted octanol–water partition coefficient (Wildman–Crippen LogP) is 2.42. The number of aryl methyl sites for hydroxylation is 1. The molecule has 3 rings (SSSR count). The summed E-state index contributed by atoms with van der Waals surface area (Å²) in [5.41, 5.74) is 8.06. The number of anilines is 1. The van der Waals surface area contributed by atoms with Gasteiger partial charge in [0.1, 0.15) is 17.8 Å². The van der Waals surface area contributed by atoms with Crippen molar-refractivity contribution in [2.75, 3.05) is 12.8 Å². The number of hydrogen-bond acceptors (Lipinski definition) is 5. The Hall–Kier alpha value is -2.76. The lowest BCUT2D eigenvalue weighted by Gasteiger charge is -2.11. The molecule has 0 aliphatic heterocycles. The topological polar surface area (TPSA) is 74.7 Å². The van der Waals surface area contributed by atoms with Crippen molar-refractivity contribution in [2.45, 2.75) is 6.92 Å². The fraction of sp³-hybridized carbons (Fsp3) is 0.143. The van der Waals surface area contributed by atoms with Crippen molar-refractivity contribution in [2.24, 2.45) is 0 Å². The van der Waals surface area contributed by atoms with E-state index in [9.17, 15) is 0 Å². The van der Waals surface area contributed by atoms with Crippen molar-refractivity contribution in [1.29, 1.82) is 0 Å². The third kappa shape index (κ3) is 2.11. The highest BCUT2D eigenvalue weighted by atomic mass is 16.5. The molecule has 3 aromatic rings. The van der Waals surface area contributed by atoms with Gasteiger partial charge in [-0.05, 0) is 30.7 Å². The van der Waals surface area contributed by atoms with E-state index in [1.54, 1.807) is 29.8 Å². The first kappa shape index (κ1) is 12.3. The second kappa shape index (κ2) is 4.73. The summed E-state index contributed by atoms with van der Waals surface area (Å²) in [4.78, 5) is 4.14. The first-order chi connectivity index (χ1) is 9.67. The summed E-state index contributed by atoms with van der Waals surface area (Å²) in [6.07, 6.45) is 1.47. The molecule has 0 atom stereocenters. The Morgan fingerprint density at radius 1 is 1.20 bits per heavy atom. The van der Waals surface area contributed by atoms with Gasteiger partial charge in [-0.25, -0.2) is 4.98 Å². The van der Waals surface area contributed by atoms with E-state index < -0.39 is 0 Å². The number of nitrogens with zero attached hydrogens (tertiary/aromatic N) is 3. The minimum atomic E-state index is 0.558. The largest absolute Gasteiger partial charge is 0.481 e. The lowest BCUT2D eigenvalue weighted by Crippen LogP contribution is -1.97. The Kier molecular flexibility index (Phi) is 2.90. The van der Waals surface area contributed by atoms with Crippen LogP contribution in [-0.4, -0.2) is 21.7 Å². The zero-order valence-electron chi connectivity index (χ0n) is 11.2. The van der Waals surface area contributed by atoms with Gasteiger partial charge in [-0.15, -0.1) is 0 Å². The lowest BCUT2D eigenvalue weighted by molar-refractivity contribution is 0.380. The van der Waals surface area contributed by atoms with Crippen LogP contribution >= 0.6 is 0 Å². The maximum atomic E-state index is 5.87. The number of benzene rings is 1. The van der Waals surface area contributed by atoms with Gasteiger partial charge in [0.2, 0.25) is 5.88 Å². The van der Waals surface area contributed by atoms with E-state index in [0.29, 0.717) is 23.0 Å². The highest BCUT2D eigenvalue weighted by molar-refractivity contribution is 5.51. The first-order valence-electron chi connectivity index (χ1n) is 6.09. The second-order valence-electron chi connectivity index (χ2n) is 4.39. The van der Waals surface area contributed by atoms with Crippen molar-refractivity contribution in [1.82, 2.24) is 14.6 Å². The van der Waals surface area contributed by atoms with Gasteiger partial charge in [0, 0.05) is 17.8 Å². The van der Waals surface area contributed by atoms with E-state index in [1.165, 1.54) is 6.33 Å². The summed E-state index contributed by atoms with van der Waals surface area (Å²) in [6, 6.07) is 9.06. The van der Waals surface area contributed by atoms with Gasteiger partial charge in [0.25, 0.3) is 0 Å². The molecule has 102 valence electrons. The van der Waals surface area contributed by atoms with E-state index in [2.05, 4.69) is 10.1 Å². The van der Waals surface area contributed by atoms with Crippen molar-refractivity contribution < 1.29 is 9.47 Å². The summed E-state index contributed by atoms with van der Waals surface area (Å²) < 4.78 is 12.7. The number of rotatable bonds is 3. The minimum Gasteiger partial charge on any atom is -0.481 e. The Morgan fingerprint density at radius 2 is 2.05 bits per heavy atom. The van der Waals surface area contributed by atoms with Crippen molar-refractivity contribution in [3.8, 4) is 17.4 Å². The fourth-order valence-electron chi connectivity index (χ4n) is 1.99. The molecule has 2 aromatic heterocycles. The monoisotopic (exact) mass is 270 g/mol. The number of nitrogens with two attached hydrogens (primary N) is 1. The summed E-state index contributed by atoms with van der Waals surface area (Å²) in [7, 11) is 1.58. The van der Waals surface area contributed by atoms with Crippen LogP contribution in [0.25, 0.3) is 5.65 Å². The molecule has 20 heavy (non-hydrogen) atoms. The van der Waals surface area contributed by atoms with E-state index in [1.807, 2.05) is 19.1 Å². The molecule has 0 spiro atoms.